The molecule has 1 aliphatic carbocycles. The molecule has 0 aromatic carbocycles. The van der Waals surface area contributed by atoms with E-state index in [-0.39, 0.29) is 18.2 Å². The highest BCUT2D eigenvalue weighted by atomic mass is 16.6. The van der Waals surface area contributed by atoms with Crippen LogP contribution in [0, 0.1) is 0 Å². The summed E-state index contributed by atoms with van der Waals surface area (Å²) in [6.07, 6.45) is 8.51. The fourth-order valence-corrected chi connectivity index (χ4v) is 5.05. The molecular formula is C22H36N4O3. The zero-order valence-corrected chi connectivity index (χ0v) is 18.4. The lowest BCUT2D eigenvalue weighted by Gasteiger charge is -2.36. The van der Waals surface area contributed by atoms with Gasteiger partial charge < -0.3 is 14.4 Å². The molecule has 1 aromatic rings. The minimum absolute atomic E-state index is 0.0612. The zero-order valence-electron chi connectivity index (χ0n) is 18.4. The second-order valence-electron chi connectivity index (χ2n) is 9.88. The minimum atomic E-state index is -0.476. The highest BCUT2D eigenvalue weighted by molar-refractivity contribution is 5.68. The number of amides is 1. The quantitative estimate of drug-likeness (QED) is 0.774. The predicted molar refractivity (Wildman–Crippen MR) is 111 cm³/mol. The molecule has 3 fully saturated rings. The van der Waals surface area contributed by atoms with Crippen molar-refractivity contribution in [3.63, 3.8) is 0 Å². The van der Waals surface area contributed by atoms with Crippen LogP contribution in [0.4, 0.5) is 4.79 Å². The topological polar surface area (TPSA) is 59.8 Å². The van der Waals surface area contributed by atoms with Crippen LogP contribution in [0.5, 0.6) is 0 Å². The summed E-state index contributed by atoms with van der Waals surface area (Å²) in [6.45, 7) is 9.48. The number of likely N-dealkylation sites (tertiary alicyclic amines) is 1. The van der Waals surface area contributed by atoms with Crippen molar-refractivity contribution in [3.8, 4) is 0 Å². The van der Waals surface area contributed by atoms with Gasteiger partial charge in [-0.25, -0.2) is 4.79 Å². The Hall–Kier alpha value is -1.60. The van der Waals surface area contributed by atoms with E-state index in [9.17, 15) is 4.79 Å². The number of fused-ring (bicyclic) bond motifs is 1. The largest absolute Gasteiger partial charge is 0.444 e. The van der Waals surface area contributed by atoms with Crippen LogP contribution in [0.2, 0.25) is 0 Å². The second kappa shape index (κ2) is 8.26. The van der Waals surface area contributed by atoms with Crippen molar-refractivity contribution >= 4 is 6.09 Å². The van der Waals surface area contributed by atoms with Gasteiger partial charge in [-0.2, -0.15) is 5.10 Å². The van der Waals surface area contributed by atoms with E-state index < -0.39 is 5.60 Å². The highest BCUT2D eigenvalue weighted by Gasteiger charge is 2.43. The average Bonchev–Trinajstić information content (AvgIpc) is 3.25. The maximum Gasteiger partial charge on any atom is 0.410 e. The van der Waals surface area contributed by atoms with Crippen molar-refractivity contribution in [1.29, 1.82) is 0 Å². The number of morpholine rings is 1. The number of aryl methyl sites for hydroxylation is 1. The molecule has 7 nitrogen and oxygen atoms in total. The molecule has 1 saturated carbocycles. The van der Waals surface area contributed by atoms with Gasteiger partial charge in [0.2, 0.25) is 0 Å². The maximum atomic E-state index is 12.5. The van der Waals surface area contributed by atoms with Crippen LogP contribution in [0.25, 0.3) is 0 Å². The van der Waals surface area contributed by atoms with Crippen molar-refractivity contribution in [2.45, 2.75) is 83.1 Å². The summed E-state index contributed by atoms with van der Waals surface area (Å²) >= 11 is 0. The third-order valence-corrected chi connectivity index (χ3v) is 6.37. The van der Waals surface area contributed by atoms with Crippen LogP contribution in [0.3, 0.4) is 0 Å². The first kappa shape index (κ1) is 20.7. The van der Waals surface area contributed by atoms with E-state index >= 15 is 0 Å². The zero-order chi connectivity index (χ0) is 20.6. The van der Waals surface area contributed by atoms with Crippen molar-refractivity contribution in [1.82, 2.24) is 19.6 Å². The fourth-order valence-electron chi connectivity index (χ4n) is 5.05. The fraction of sp³-hybridized carbons (Fsp3) is 0.818. The molecule has 1 amide bonds. The summed E-state index contributed by atoms with van der Waals surface area (Å²) in [5.41, 5.74) is 2.16. The average molecular weight is 405 g/mol. The Bertz CT molecular complexity index is 720. The normalized spacial score (nSPS) is 26.6. The first-order chi connectivity index (χ1) is 13.8. The van der Waals surface area contributed by atoms with E-state index in [0.29, 0.717) is 25.6 Å². The summed E-state index contributed by atoms with van der Waals surface area (Å²) in [5.74, 6) is 0.596. The van der Waals surface area contributed by atoms with Gasteiger partial charge in [0.15, 0.2) is 0 Å². The Morgan fingerprint density at radius 1 is 1.24 bits per heavy atom. The molecular weight excluding hydrogens is 368 g/mol. The Labute approximate surface area is 174 Å². The SMILES string of the molecule is Cn1cc(CN2CCO[C@H]3CN(C(=O)OC(C)(C)C)C[C@H]32)c(C2CCCCC2)n1. The molecule has 7 heteroatoms. The number of aromatic nitrogens is 2. The van der Waals surface area contributed by atoms with Crippen molar-refractivity contribution < 1.29 is 14.3 Å². The number of hydrogen-bond donors (Lipinski definition) is 0. The molecule has 3 aliphatic rings. The summed E-state index contributed by atoms with van der Waals surface area (Å²) in [4.78, 5) is 16.8. The summed E-state index contributed by atoms with van der Waals surface area (Å²) in [6, 6.07) is 0.218. The van der Waals surface area contributed by atoms with Gasteiger partial charge in [-0.15, -0.1) is 0 Å². The maximum absolute atomic E-state index is 12.5. The first-order valence-electron chi connectivity index (χ1n) is 11.2. The summed E-state index contributed by atoms with van der Waals surface area (Å²) < 4.78 is 13.6. The van der Waals surface area contributed by atoms with Crippen molar-refractivity contribution in [2.24, 2.45) is 7.05 Å². The Morgan fingerprint density at radius 3 is 2.72 bits per heavy atom. The van der Waals surface area contributed by atoms with E-state index in [1.54, 1.807) is 0 Å². The van der Waals surface area contributed by atoms with E-state index in [1.807, 2.05) is 37.4 Å². The third-order valence-electron chi connectivity index (χ3n) is 6.37. The van der Waals surface area contributed by atoms with Crippen molar-refractivity contribution in [2.75, 3.05) is 26.2 Å². The Morgan fingerprint density at radius 2 is 2.00 bits per heavy atom. The minimum Gasteiger partial charge on any atom is -0.444 e. The predicted octanol–water partition coefficient (Wildman–Crippen LogP) is 3.29. The molecule has 162 valence electrons. The molecule has 29 heavy (non-hydrogen) atoms. The lowest BCUT2D eigenvalue weighted by molar-refractivity contribution is -0.0506. The van der Waals surface area contributed by atoms with Gasteiger partial charge >= 0.3 is 6.09 Å². The first-order valence-corrected chi connectivity index (χ1v) is 11.2. The summed E-state index contributed by atoms with van der Waals surface area (Å²) in [5, 5.41) is 4.84. The van der Waals surface area contributed by atoms with Crippen LogP contribution in [0.15, 0.2) is 6.20 Å². The lowest BCUT2D eigenvalue weighted by Crippen LogP contribution is -2.50. The third kappa shape index (κ3) is 4.77. The van der Waals surface area contributed by atoms with Crippen LogP contribution < -0.4 is 0 Å². The summed E-state index contributed by atoms with van der Waals surface area (Å²) in [7, 11) is 2.03. The molecule has 2 saturated heterocycles. The van der Waals surface area contributed by atoms with Gasteiger partial charge in [-0.3, -0.25) is 9.58 Å². The molecule has 0 unspecified atom stereocenters. The van der Waals surface area contributed by atoms with Gasteiger partial charge in [-0.05, 0) is 33.6 Å². The van der Waals surface area contributed by atoms with Crippen LogP contribution in [-0.4, -0.2) is 69.7 Å². The second-order valence-corrected chi connectivity index (χ2v) is 9.88. The molecule has 2 atom stereocenters. The van der Waals surface area contributed by atoms with E-state index in [0.717, 1.165) is 13.1 Å². The molecule has 0 spiro atoms. The molecule has 2 aliphatic heterocycles. The van der Waals surface area contributed by atoms with E-state index in [4.69, 9.17) is 14.6 Å². The number of rotatable bonds is 3. The van der Waals surface area contributed by atoms with E-state index in [2.05, 4.69) is 11.1 Å². The van der Waals surface area contributed by atoms with Crippen molar-refractivity contribution in [3.05, 3.63) is 17.5 Å². The Kier molecular flexibility index (Phi) is 5.89. The van der Waals surface area contributed by atoms with Gasteiger partial charge in [0.05, 0.1) is 31.0 Å². The van der Waals surface area contributed by atoms with Gasteiger partial charge in [0.25, 0.3) is 0 Å². The lowest BCUT2D eigenvalue weighted by atomic mass is 9.85. The molecule has 0 N–H and O–H groups in total. The molecule has 0 bridgehead atoms. The van der Waals surface area contributed by atoms with Crippen LogP contribution in [0.1, 0.15) is 70.1 Å². The van der Waals surface area contributed by atoms with Gasteiger partial charge in [0.1, 0.15) is 5.60 Å². The number of carbonyl (C=O) groups excluding carboxylic acids is 1. The van der Waals surface area contributed by atoms with Gasteiger partial charge in [-0.1, -0.05) is 19.3 Å². The number of carbonyl (C=O) groups is 1. The van der Waals surface area contributed by atoms with Crippen LogP contribution in [-0.2, 0) is 23.1 Å². The molecule has 1 aromatic heterocycles. The number of hydrogen-bond acceptors (Lipinski definition) is 5. The monoisotopic (exact) mass is 404 g/mol. The standard InChI is InChI=1S/C22H36N4O3/c1-22(2,3)29-21(27)26-14-18-19(15-26)28-11-10-25(18)13-17-12-24(4)23-20(17)16-8-6-5-7-9-16/h12,16,18-19H,5-11,13-15H2,1-4H3/t18-,19+/m1/s1. The smallest absolute Gasteiger partial charge is 0.410 e. The molecule has 0 radical (unpaired) electrons. The van der Waals surface area contributed by atoms with E-state index in [1.165, 1.54) is 43.4 Å². The number of ether oxygens (including phenoxy) is 2. The van der Waals surface area contributed by atoms with Crippen LogP contribution >= 0.6 is 0 Å². The Balaban J connectivity index is 1.45. The molecule has 3 heterocycles. The number of nitrogens with zero attached hydrogens (tertiary/aromatic N) is 4. The highest BCUT2D eigenvalue weighted by Crippen LogP contribution is 2.35. The van der Waals surface area contributed by atoms with Gasteiger partial charge in [0, 0.05) is 44.4 Å². The molecule has 4 rings (SSSR count).